The zero-order valence-electron chi connectivity index (χ0n) is 17.2. The number of para-hydroxylation sites is 2. The summed E-state index contributed by atoms with van der Waals surface area (Å²) >= 11 is 0. The van der Waals surface area contributed by atoms with Crippen LogP contribution < -0.4 is 16.6 Å². The number of nitrogens with zero attached hydrogens (tertiary/aromatic N) is 3. The highest BCUT2D eigenvalue weighted by Gasteiger charge is 2.21. The lowest BCUT2D eigenvalue weighted by molar-refractivity contribution is -0.116. The zero-order valence-corrected chi connectivity index (χ0v) is 17.2. The first-order valence-electron chi connectivity index (χ1n) is 9.56. The molecule has 0 spiro atoms. The van der Waals surface area contributed by atoms with Crippen molar-refractivity contribution in [3.8, 4) is 5.69 Å². The molecule has 4 aromatic rings. The number of carbonyl (C=O) groups is 2. The molecule has 10 nitrogen and oxygen atoms in total. The minimum Gasteiger partial charge on any atom is -0.465 e. The third kappa shape index (κ3) is 3.69. The number of anilines is 1. The van der Waals surface area contributed by atoms with Crippen LogP contribution >= 0.6 is 0 Å². The lowest BCUT2D eigenvalue weighted by Crippen LogP contribution is -2.41. The van der Waals surface area contributed by atoms with Gasteiger partial charge in [0.15, 0.2) is 5.82 Å². The molecular formula is C22H18N4O6. The molecule has 10 heteroatoms. The van der Waals surface area contributed by atoms with Gasteiger partial charge in [0.1, 0.15) is 12.3 Å². The van der Waals surface area contributed by atoms with Crippen LogP contribution in [0.2, 0.25) is 0 Å². The minimum absolute atomic E-state index is 0.0403. The normalized spacial score (nSPS) is 10.8. The third-order valence-corrected chi connectivity index (χ3v) is 4.80. The van der Waals surface area contributed by atoms with E-state index >= 15 is 0 Å². The fraction of sp³-hybridized carbons (Fsp3) is 0.136. The van der Waals surface area contributed by atoms with Crippen molar-refractivity contribution in [3.05, 3.63) is 86.8 Å². The van der Waals surface area contributed by atoms with Gasteiger partial charge in [-0.3, -0.25) is 14.2 Å². The molecule has 0 unspecified atom stereocenters. The highest BCUT2D eigenvalue weighted by molar-refractivity contribution is 5.94. The molecule has 0 radical (unpaired) electrons. The van der Waals surface area contributed by atoms with Gasteiger partial charge in [-0.25, -0.2) is 14.2 Å². The van der Waals surface area contributed by atoms with Crippen LogP contribution in [0.25, 0.3) is 16.6 Å². The summed E-state index contributed by atoms with van der Waals surface area (Å²) in [5, 5.41) is 6.46. The number of amides is 1. The van der Waals surface area contributed by atoms with Crippen LogP contribution in [-0.4, -0.2) is 33.3 Å². The molecule has 2 aromatic carbocycles. The fourth-order valence-electron chi connectivity index (χ4n) is 3.39. The molecule has 0 atom stereocenters. The van der Waals surface area contributed by atoms with Crippen LogP contribution in [0.4, 0.5) is 5.82 Å². The summed E-state index contributed by atoms with van der Waals surface area (Å²) in [5.74, 6) is -0.534. The van der Waals surface area contributed by atoms with Crippen LogP contribution in [0.3, 0.4) is 0 Å². The van der Waals surface area contributed by atoms with Gasteiger partial charge in [-0.05, 0) is 31.2 Å². The van der Waals surface area contributed by atoms with E-state index in [9.17, 15) is 19.2 Å². The Hall–Kier alpha value is -4.47. The molecule has 2 aromatic heterocycles. The molecule has 0 bridgehead atoms. The Morgan fingerprint density at radius 1 is 1.09 bits per heavy atom. The first-order valence-corrected chi connectivity index (χ1v) is 9.56. The Labute approximate surface area is 180 Å². The van der Waals surface area contributed by atoms with Crippen molar-refractivity contribution in [3.63, 3.8) is 0 Å². The summed E-state index contributed by atoms with van der Waals surface area (Å²) in [6.07, 6.45) is 0. The largest absolute Gasteiger partial charge is 0.465 e. The number of nitrogens with one attached hydrogen (secondary N) is 1. The maximum atomic E-state index is 13.4. The second kappa shape index (κ2) is 8.34. The maximum absolute atomic E-state index is 13.4. The number of esters is 1. The number of carbonyl (C=O) groups excluding carboxylic acids is 2. The van der Waals surface area contributed by atoms with E-state index < -0.39 is 29.7 Å². The molecule has 1 amide bonds. The molecule has 162 valence electrons. The highest BCUT2D eigenvalue weighted by atomic mass is 16.5. The van der Waals surface area contributed by atoms with E-state index in [1.807, 2.05) is 0 Å². The van der Waals surface area contributed by atoms with E-state index in [1.54, 1.807) is 43.3 Å². The zero-order chi connectivity index (χ0) is 22.8. The quantitative estimate of drug-likeness (QED) is 0.475. The van der Waals surface area contributed by atoms with E-state index in [0.717, 1.165) is 9.13 Å². The summed E-state index contributed by atoms with van der Waals surface area (Å²) in [7, 11) is 1.20. The van der Waals surface area contributed by atoms with Crippen LogP contribution in [-0.2, 0) is 16.1 Å². The number of hydrogen-bond acceptors (Lipinski definition) is 7. The molecule has 0 saturated heterocycles. The topological polar surface area (TPSA) is 125 Å². The molecule has 2 heterocycles. The first-order chi connectivity index (χ1) is 15.4. The number of aromatic nitrogens is 3. The SMILES string of the molecule is COC(=O)c1ccccc1-n1c(=O)c2ccccc2n(CC(=O)Nc2cc(C)on2)c1=O. The number of ether oxygens (including phenoxy) is 1. The summed E-state index contributed by atoms with van der Waals surface area (Å²) in [6, 6.07) is 14.0. The molecule has 0 saturated carbocycles. The van der Waals surface area contributed by atoms with Gasteiger partial charge in [-0.2, -0.15) is 0 Å². The van der Waals surface area contributed by atoms with Gasteiger partial charge in [0.2, 0.25) is 5.91 Å². The molecule has 0 aliphatic heterocycles. The number of benzene rings is 2. The second-order valence-electron chi connectivity index (χ2n) is 6.91. The van der Waals surface area contributed by atoms with Gasteiger partial charge in [-0.1, -0.05) is 29.4 Å². The van der Waals surface area contributed by atoms with Crippen molar-refractivity contribution in [2.75, 3.05) is 12.4 Å². The van der Waals surface area contributed by atoms with Crippen LogP contribution in [0.5, 0.6) is 0 Å². The van der Waals surface area contributed by atoms with Gasteiger partial charge in [0.25, 0.3) is 5.56 Å². The predicted molar refractivity (Wildman–Crippen MR) is 115 cm³/mol. The Balaban J connectivity index is 1.90. The molecule has 1 N–H and O–H groups in total. The predicted octanol–water partition coefficient (Wildman–Crippen LogP) is 1.87. The molecule has 0 aliphatic rings. The van der Waals surface area contributed by atoms with Gasteiger partial charge in [0.05, 0.1) is 29.3 Å². The Morgan fingerprint density at radius 2 is 1.81 bits per heavy atom. The number of rotatable bonds is 5. The van der Waals surface area contributed by atoms with Crippen molar-refractivity contribution in [1.82, 2.24) is 14.3 Å². The monoisotopic (exact) mass is 434 g/mol. The number of methoxy groups -OCH3 is 1. The van der Waals surface area contributed by atoms with Gasteiger partial charge < -0.3 is 14.6 Å². The van der Waals surface area contributed by atoms with Gasteiger partial charge in [-0.15, -0.1) is 0 Å². The average molecular weight is 434 g/mol. The Bertz CT molecular complexity index is 1460. The minimum atomic E-state index is -0.781. The second-order valence-corrected chi connectivity index (χ2v) is 6.91. The standard InChI is InChI=1S/C22H18N4O6/c1-13-11-18(24-32-13)23-19(27)12-25-16-9-5-3-7-14(16)20(28)26(22(25)30)17-10-6-4-8-15(17)21(29)31-2/h3-11H,12H2,1-2H3,(H,23,24,27). The highest BCUT2D eigenvalue weighted by Crippen LogP contribution is 2.15. The third-order valence-electron chi connectivity index (χ3n) is 4.80. The van der Waals surface area contributed by atoms with E-state index in [0.29, 0.717) is 5.76 Å². The molecule has 0 fully saturated rings. The molecule has 32 heavy (non-hydrogen) atoms. The Morgan fingerprint density at radius 3 is 2.53 bits per heavy atom. The van der Waals surface area contributed by atoms with E-state index in [1.165, 1.54) is 25.3 Å². The van der Waals surface area contributed by atoms with Crippen molar-refractivity contribution in [2.45, 2.75) is 13.5 Å². The van der Waals surface area contributed by atoms with Gasteiger partial charge >= 0.3 is 11.7 Å². The van der Waals surface area contributed by atoms with Crippen molar-refractivity contribution in [2.24, 2.45) is 0 Å². The molecular weight excluding hydrogens is 416 g/mol. The van der Waals surface area contributed by atoms with Crippen molar-refractivity contribution in [1.29, 1.82) is 0 Å². The smallest absolute Gasteiger partial charge is 0.339 e. The summed E-state index contributed by atoms with van der Waals surface area (Å²) < 4.78 is 11.7. The number of fused-ring (bicyclic) bond motifs is 1. The first kappa shape index (κ1) is 20.8. The average Bonchev–Trinajstić information content (AvgIpc) is 3.20. The van der Waals surface area contributed by atoms with Gasteiger partial charge in [0, 0.05) is 6.07 Å². The lowest BCUT2D eigenvalue weighted by atomic mass is 10.1. The van der Waals surface area contributed by atoms with Crippen LogP contribution in [0, 0.1) is 6.92 Å². The fourth-order valence-corrected chi connectivity index (χ4v) is 3.39. The number of aryl methyl sites for hydroxylation is 1. The van der Waals surface area contributed by atoms with Crippen LogP contribution in [0.1, 0.15) is 16.1 Å². The Kier molecular flexibility index (Phi) is 5.42. The van der Waals surface area contributed by atoms with Crippen molar-refractivity contribution < 1.29 is 18.8 Å². The summed E-state index contributed by atoms with van der Waals surface area (Å²) in [5.41, 5.74) is -1.03. The van der Waals surface area contributed by atoms with E-state index in [4.69, 9.17) is 9.26 Å². The summed E-state index contributed by atoms with van der Waals surface area (Å²) in [4.78, 5) is 51.5. The number of hydrogen-bond donors (Lipinski definition) is 1. The van der Waals surface area contributed by atoms with Crippen LogP contribution in [0.15, 0.2) is 68.7 Å². The molecule has 0 aliphatic carbocycles. The van der Waals surface area contributed by atoms with Crippen molar-refractivity contribution >= 4 is 28.6 Å². The summed E-state index contributed by atoms with van der Waals surface area (Å²) in [6.45, 7) is 1.28. The van der Waals surface area contributed by atoms with E-state index in [-0.39, 0.29) is 28.0 Å². The lowest BCUT2D eigenvalue weighted by Gasteiger charge is -2.15. The van der Waals surface area contributed by atoms with E-state index in [2.05, 4.69) is 10.5 Å². The molecule has 4 rings (SSSR count). The maximum Gasteiger partial charge on any atom is 0.339 e.